The van der Waals surface area contributed by atoms with E-state index in [9.17, 15) is 8.42 Å². The van der Waals surface area contributed by atoms with Crippen molar-refractivity contribution in [1.29, 1.82) is 0 Å². The van der Waals surface area contributed by atoms with Crippen LogP contribution in [0.4, 0.5) is 0 Å². The summed E-state index contributed by atoms with van der Waals surface area (Å²) in [5, 5.41) is 0. The Morgan fingerprint density at radius 1 is 1.29 bits per heavy atom. The molecule has 0 aromatic rings. The highest BCUT2D eigenvalue weighted by Crippen LogP contribution is 2.16. The Morgan fingerprint density at radius 2 is 1.93 bits per heavy atom. The summed E-state index contributed by atoms with van der Waals surface area (Å²) in [7, 11) is -4.25. The molecule has 0 aromatic heterocycles. The molecule has 0 heterocycles. The molecule has 14 heavy (non-hydrogen) atoms. The average Bonchev–Trinajstić information content (AvgIpc) is 2.09. The third-order valence-electron chi connectivity index (χ3n) is 2.30. The second kappa shape index (κ2) is 7.20. The van der Waals surface area contributed by atoms with Crippen LogP contribution in [0.2, 0.25) is 0 Å². The molecule has 0 amide bonds. The van der Waals surface area contributed by atoms with Gasteiger partial charge in [-0.25, -0.2) is 4.18 Å². The molecule has 0 saturated carbocycles. The predicted octanol–water partition coefficient (Wildman–Crippen LogP) is 2.41. The van der Waals surface area contributed by atoms with Crippen LogP contribution in [0.1, 0.15) is 46.0 Å². The molecule has 0 aliphatic heterocycles. The van der Waals surface area contributed by atoms with Gasteiger partial charge in [-0.2, -0.15) is 8.42 Å². The Morgan fingerprint density at radius 3 is 2.36 bits per heavy atom. The minimum atomic E-state index is -4.25. The maximum atomic E-state index is 10.2. The van der Waals surface area contributed by atoms with Gasteiger partial charge in [0.15, 0.2) is 0 Å². The molecule has 86 valence electrons. The van der Waals surface area contributed by atoms with Crippen LogP contribution in [-0.2, 0) is 14.6 Å². The van der Waals surface area contributed by atoms with E-state index in [1.54, 1.807) is 0 Å². The van der Waals surface area contributed by atoms with Gasteiger partial charge >= 0.3 is 10.4 Å². The maximum absolute atomic E-state index is 10.2. The number of rotatable bonds is 8. The first-order chi connectivity index (χ1) is 6.49. The summed E-state index contributed by atoms with van der Waals surface area (Å²) in [5.74, 6) is 0.497. The second-order valence-electron chi connectivity index (χ2n) is 3.45. The fourth-order valence-corrected chi connectivity index (χ4v) is 1.67. The molecule has 0 spiro atoms. The van der Waals surface area contributed by atoms with Gasteiger partial charge < -0.3 is 0 Å². The van der Waals surface area contributed by atoms with Crippen LogP contribution in [0.3, 0.4) is 0 Å². The SMILES string of the molecule is CCCCC(CC)CCOS(=O)(=O)O. The van der Waals surface area contributed by atoms with E-state index >= 15 is 0 Å². The highest BCUT2D eigenvalue weighted by atomic mass is 32.3. The molecule has 0 aliphatic rings. The van der Waals surface area contributed by atoms with Gasteiger partial charge in [-0.05, 0) is 12.3 Å². The van der Waals surface area contributed by atoms with Crippen molar-refractivity contribution in [1.82, 2.24) is 0 Å². The molecule has 0 fully saturated rings. The van der Waals surface area contributed by atoms with Crippen LogP contribution in [0, 0.1) is 5.92 Å². The molecule has 0 bridgehead atoms. The Labute approximate surface area is 86.6 Å². The van der Waals surface area contributed by atoms with Crippen molar-refractivity contribution in [3.05, 3.63) is 0 Å². The van der Waals surface area contributed by atoms with Gasteiger partial charge in [0, 0.05) is 0 Å². The number of unbranched alkanes of at least 4 members (excludes halogenated alkanes) is 1. The van der Waals surface area contributed by atoms with Crippen LogP contribution < -0.4 is 0 Å². The van der Waals surface area contributed by atoms with Gasteiger partial charge in [0.1, 0.15) is 0 Å². The zero-order valence-electron chi connectivity index (χ0n) is 8.90. The third-order valence-corrected chi connectivity index (χ3v) is 2.77. The molecule has 1 atom stereocenters. The molecule has 4 nitrogen and oxygen atoms in total. The van der Waals surface area contributed by atoms with Crippen LogP contribution in [0.15, 0.2) is 0 Å². The van der Waals surface area contributed by atoms with Crippen molar-refractivity contribution >= 4 is 10.4 Å². The quantitative estimate of drug-likeness (QED) is 0.643. The molecule has 0 aromatic carbocycles. The minimum absolute atomic E-state index is 0.0844. The lowest BCUT2D eigenvalue weighted by Crippen LogP contribution is -2.09. The first-order valence-corrected chi connectivity index (χ1v) is 6.48. The monoisotopic (exact) mass is 224 g/mol. The molecule has 0 saturated heterocycles. The molecule has 5 heteroatoms. The smallest absolute Gasteiger partial charge is 0.264 e. The van der Waals surface area contributed by atoms with Crippen LogP contribution in [0.5, 0.6) is 0 Å². The van der Waals surface area contributed by atoms with Gasteiger partial charge in [-0.15, -0.1) is 0 Å². The standard InChI is InChI=1S/C9H20O4S/c1-3-5-6-9(4-2)7-8-13-14(10,11)12/h9H,3-8H2,1-2H3,(H,10,11,12). The molecular formula is C9H20O4S. The number of hydrogen-bond donors (Lipinski definition) is 1. The summed E-state index contributed by atoms with van der Waals surface area (Å²) >= 11 is 0. The molecule has 1 unspecified atom stereocenters. The van der Waals surface area contributed by atoms with Gasteiger partial charge in [0.05, 0.1) is 6.61 Å². The summed E-state index contributed by atoms with van der Waals surface area (Å²) in [6, 6.07) is 0. The van der Waals surface area contributed by atoms with Gasteiger partial charge in [-0.3, -0.25) is 4.55 Å². The molecule has 0 aliphatic carbocycles. The van der Waals surface area contributed by atoms with E-state index < -0.39 is 10.4 Å². The number of hydrogen-bond acceptors (Lipinski definition) is 3. The highest BCUT2D eigenvalue weighted by Gasteiger charge is 2.09. The Kier molecular flexibility index (Phi) is 7.13. The fourth-order valence-electron chi connectivity index (χ4n) is 1.37. The summed E-state index contributed by atoms with van der Waals surface area (Å²) in [6.45, 7) is 4.29. The topological polar surface area (TPSA) is 63.6 Å². The van der Waals surface area contributed by atoms with E-state index in [1.165, 1.54) is 0 Å². The summed E-state index contributed by atoms with van der Waals surface area (Å²) in [5.41, 5.74) is 0. The molecule has 1 N–H and O–H groups in total. The van der Waals surface area contributed by atoms with E-state index in [0.29, 0.717) is 12.3 Å². The van der Waals surface area contributed by atoms with E-state index in [4.69, 9.17) is 4.55 Å². The van der Waals surface area contributed by atoms with Gasteiger partial charge in [-0.1, -0.05) is 39.5 Å². The Balaban J connectivity index is 3.62. The predicted molar refractivity (Wildman–Crippen MR) is 55.4 cm³/mol. The van der Waals surface area contributed by atoms with E-state index in [1.807, 2.05) is 0 Å². The maximum Gasteiger partial charge on any atom is 0.397 e. The first-order valence-electron chi connectivity index (χ1n) is 5.11. The van der Waals surface area contributed by atoms with Crippen molar-refractivity contribution in [2.75, 3.05) is 6.61 Å². The molecular weight excluding hydrogens is 204 g/mol. The normalized spacial score (nSPS) is 14.2. The fraction of sp³-hybridized carbons (Fsp3) is 1.00. The summed E-state index contributed by atoms with van der Waals surface area (Å²) in [4.78, 5) is 0. The van der Waals surface area contributed by atoms with Crippen LogP contribution in [0.25, 0.3) is 0 Å². The lowest BCUT2D eigenvalue weighted by Gasteiger charge is -2.12. The van der Waals surface area contributed by atoms with E-state index in [2.05, 4.69) is 18.0 Å². The first kappa shape index (κ1) is 13.9. The third kappa shape index (κ3) is 8.47. The van der Waals surface area contributed by atoms with Gasteiger partial charge in [0.2, 0.25) is 0 Å². The van der Waals surface area contributed by atoms with Crippen LogP contribution >= 0.6 is 0 Å². The van der Waals surface area contributed by atoms with E-state index in [0.717, 1.165) is 25.7 Å². The lowest BCUT2D eigenvalue weighted by molar-refractivity contribution is 0.238. The Bertz CT molecular complexity index is 223. The average molecular weight is 224 g/mol. The Hall–Kier alpha value is -0.130. The zero-order valence-corrected chi connectivity index (χ0v) is 9.72. The summed E-state index contributed by atoms with van der Waals surface area (Å²) < 4.78 is 33.1. The van der Waals surface area contributed by atoms with Crippen LogP contribution in [-0.4, -0.2) is 19.6 Å². The largest absolute Gasteiger partial charge is 0.397 e. The molecule has 0 radical (unpaired) electrons. The van der Waals surface area contributed by atoms with Gasteiger partial charge in [0.25, 0.3) is 0 Å². The lowest BCUT2D eigenvalue weighted by atomic mass is 9.96. The van der Waals surface area contributed by atoms with Crippen molar-refractivity contribution in [3.63, 3.8) is 0 Å². The molecule has 0 rings (SSSR count). The minimum Gasteiger partial charge on any atom is -0.264 e. The highest BCUT2D eigenvalue weighted by molar-refractivity contribution is 7.80. The van der Waals surface area contributed by atoms with Crippen molar-refractivity contribution in [3.8, 4) is 0 Å². The second-order valence-corrected chi connectivity index (χ2v) is 4.55. The van der Waals surface area contributed by atoms with Crippen molar-refractivity contribution in [2.45, 2.75) is 46.0 Å². The zero-order chi connectivity index (χ0) is 11.0. The van der Waals surface area contributed by atoms with Crippen molar-refractivity contribution < 1.29 is 17.2 Å². The van der Waals surface area contributed by atoms with Crippen molar-refractivity contribution in [2.24, 2.45) is 5.92 Å². The summed E-state index contributed by atoms with van der Waals surface area (Å²) in [6.07, 6.45) is 5.12. The van der Waals surface area contributed by atoms with E-state index in [-0.39, 0.29) is 6.61 Å².